The molecule has 0 radical (unpaired) electrons. The van der Waals surface area contributed by atoms with E-state index in [9.17, 15) is 0 Å². The molecule has 2 nitrogen and oxygen atoms in total. The van der Waals surface area contributed by atoms with Crippen LogP contribution in [0.1, 0.15) is 58.8 Å². The van der Waals surface area contributed by atoms with Crippen molar-refractivity contribution in [3.05, 3.63) is 0 Å². The summed E-state index contributed by atoms with van der Waals surface area (Å²) >= 11 is 0. The van der Waals surface area contributed by atoms with Crippen LogP contribution in [0.15, 0.2) is 0 Å². The molecule has 1 rings (SSSR count). The number of likely N-dealkylation sites (tertiary alicyclic amines) is 1. The van der Waals surface area contributed by atoms with Crippen molar-refractivity contribution in [2.75, 3.05) is 19.6 Å². The number of piperidine rings is 1. The van der Waals surface area contributed by atoms with E-state index in [1.807, 2.05) is 0 Å². The highest BCUT2D eigenvalue weighted by molar-refractivity contribution is 4.78. The molecule has 0 aromatic carbocycles. The number of unbranched alkanes of at least 4 members (excludes halogenated alkanes) is 5. The molecule has 0 aromatic rings. The van der Waals surface area contributed by atoms with Crippen LogP contribution in [0, 0.1) is 5.92 Å². The second-order valence-corrected chi connectivity index (χ2v) is 5.63. The first-order chi connectivity index (χ1) is 7.72. The number of hydrogen-bond acceptors (Lipinski definition) is 2. The van der Waals surface area contributed by atoms with Crippen molar-refractivity contribution in [2.45, 2.75) is 64.8 Å². The van der Waals surface area contributed by atoms with E-state index in [1.165, 1.54) is 58.0 Å². The van der Waals surface area contributed by atoms with Crippen LogP contribution < -0.4 is 5.73 Å². The van der Waals surface area contributed by atoms with Gasteiger partial charge in [0, 0.05) is 19.1 Å². The van der Waals surface area contributed by atoms with Crippen LogP contribution in [0.25, 0.3) is 0 Å². The summed E-state index contributed by atoms with van der Waals surface area (Å²) in [6.45, 7) is 8.26. The maximum Gasteiger partial charge on any atom is 0.0170 e. The Morgan fingerprint density at radius 1 is 1.06 bits per heavy atom. The van der Waals surface area contributed by atoms with E-state index < -0.39 is 0 Å². The number of rotatable bonds is 7. The first kappa shape index (κ1) is 14.0. The molecule has 1 aliphatic heterocycles. The van der Waals surface area contributed by atoms with Gasteiger partial charge in [0.15, 0.2) is 0 Å². The van der Waals surface area contributed by atoms with Gasteiger partial charge in [-0.2, -0.15) is 0 Å². The van der Waals surface area contributed by atoms with E-state index in [-0.39, 0.29) is 0 Å². The molecule has 1 saturated heterocycles. The quantitative estimate of drug-likeness (QED) is 0.676. The van der Waals surface area contributed by atoms with E-state index in [0.29, 0.717) is 6.04 Å². The summed E-state index contributed by atoms with van der Waals surface area (Å²) < 4.78 is 0. The molecule has 0 saturated carbocycles. The standard InChI is InChI=1S/C14H30N2/c1-3-4-5-6-7-8-9-16-11-13(2)10-14(15)12-16/h13-14H,3-12,15H2,1-2H3. The zero-order valence-electron chi connectivity index (χ0n) is 11.3. The van der Waals surface area contributed by atoms with Gasteiger partial charge in [0.2, 0.25) is 0 Å². The fourth-order valence-electron chi connectivity index (χ4n) is 2.81. The smallest absolute Gasteiger partial charge is 0.0170 e. The first-order valence-electron chi connectivity index (χ1n) is 7.20. The Kier molecular flexibility index (Phi) is 7.06. The summed E-state index contributed by atoms with van der Waals surface area (Å²) in [5, 5.41) is 0. The summed E-state index contributed by atoms with van der Waals surface area (Å²) in [6.07, 6.45) is 9.58. The highest BCUT2D eigenvalue weighted by Crippen LogP contribution is 2.15. The maximum absolute atomic E-state index is 6.04. The van der Waals surface area contributed by atoms with Gasteiger partial charge in [-0.3, -0.25) is 0 Å². The van der Waals surface area contributed by atoms with Gasteiger partial charge in [0.05, 0.1) is 0 Å². The summed E-state index contributed by atoms with van der Waals surface area (Å²) in [5.41, 5.74) is 6.04. The van der Waals surface area contributed by atoms with Gasteiger partial charge in [0.25, 0.3) is 0 Å². The molecule has 16 heavy (non-hydrogen) atoms. The Bertz CT molecular complexity index is 160. The zero-order chi connectivity index (χ0) is 11.8. The SMILES string of the molecule is CCCCCCCCN1CC(C)CC(N)C1. The van der Waals surface area contributed by atoms with Gasteiger partial charge in [-0.05, 0) is 25.3 Å². The molecule has 2 heteroatoms. The summed E-state index contributed by atoms with van der Waals surface area (Å²) in [4.78, 5) is 2.57. The third-order valence-electron chi connectivity index (χ3n) is 3.60. The minimum absolute atomic E-state index is 0.420. The molecular formula is C14H30N2. The Morgan fingerprint density at radius 2 is 1.75 bits per heavy atom. The lowest BCUT2D eigenvalue weighted by atomic mass is 9.96. The Balaban J connectivity index is 1.99. The lowest BCUT2D eigenvalue weighted by molar-refractivity contribution is 0.162. The number of hydrogen-bond donors (Lipinski definition) is 1. The minimum Gasteiger partial charge on any atom is -0.327 e. The molecule has 96 valence electrons. The lowest BCUT2D eigenvalue weighted by Crippen LogP contribution is -2.46. The van der Waals surface area contributed by atoms with Crippen molar-refractivity contribution in [1.29, 1.82) is 0 Å². The van der Waals surface area contributed by atoms with Crippen LogP contribution in [-0.2, 0) is 0 Å². The molecule has 0 aliphatic carbocycles. The van der Waals surface area contributed by atoms with Gasteiger partial charge < -0.3 is 10.6 Å². The van der Waals surface area contributed by atoms with Crippen molar-refractivity contribution in [2.24, 2.45) is 11.7 Å². The number of nitrogens with zero attached hydrogens (tertiary/aromatic N) is 1. The van der Waals surface area contributed by atoms with Crippen molar-refractivity contribution in [1.82, 2.24) is 4.90 Å². The van der Waals surface area contributed by atoms with Gasteiger partial charge in [-0.25, -0.2) is 0 Å². The second kappa shape index (κ2) is 8.08. The molecule has 0 amide bonds. The van der Waals surface area contributed by atoms with Crippen LogP contribution in [0.5, 0.6) is 0 Å². The Hall–Kier alpha value is -0.0800. The molecule has 1 aliphatic rings. The van der Waals surface area contributed by atoms with E-state index in [4.69, 9.17) is 5.73 Å². The largest absolute Gasteiger partial charge is 0.327 e. The van der Waals surface area contributed by atoms with Crippen molar-refractivity contribution < 1.29 is 0 Å². The fourth-order valence-corrected chi connectivity index (χ4v) is 2.81. The third-order valence-corrected chi connectivity index (χ3v) is 3.60. The van der Waals surface area contributed by atoms with Gasteiger partial charge >= 0.3 is 0 Å². The molecule has 1 heterocycles. The average Bonchev–Trinajstić information content (AvgIpc) is 2.22. The molecule has 2 atom stereocenters. The van der Waals surface area contributed by atoms with Crippen molar-refractivity contribution in [3.8, 4) is 0 Å². The molecule has 0 bridgehead atoms. The molecule has 0 aromatic heterocycles. The normalized spacial score (nSPS) is 27.2. The fraction of sp³-hybridized carbons (Fsp3) is 1.00. The third kappa shape index (κ3) is 5.86. The maximum atomic E-state index is 6.04. The highest BCUT2D eigenvalue weighted by Gasteiger charge is 2.21. The van der Waals surface area contributed by atoms with Crippen LogP contribution in [0.2, 0.25) is 0 Å². The predicted molar refractivity (Wildman–Crippen MR) is 71.6 cm³/mol. The lowest BCUT2D eigenvalue weighted by Gasteiger charge is -2.34. The van der Waals surface area contributed by atoms with E-state index in [2.05, 4.69) is 18.7 Å². The van der Waals surface area contributed by atoms with Crippen molar-refractivity contribution >= 4 is 0 Å². The summed E-state index contributed by atoms with van der Waals surface area (Å²) in [5.74, 6) is 0.795. The molecule has 2 unspecified atom stereocenters. The predicted octanol–water partition coefficient (Wildman–Crippen LogP) is 3.02. The summed E-state index contributed by atoms with van der Waals surface area (Å²) in [7, 11) is 0. The highest BCUT2D eigenvalue weighted by atomic mass is 15.1. The van der Waals surface area contributed by atoms with E-state index in [1.54, 1.807) is 0 Å². The molecule has 0 spiro atoms. The summed E-state index contributed by atoms with van der Waals surface area (Å²) in [6, 6.07) is 0.420. The Morgan fingerprint density at radius 3 is 2.44 bits per heavy atom. The van der Waals surface area contributed by atoms with Gasteiger partial charge in [0.1, 0.15) is 0 Å². The zero-order valence-corrected chi connectivity index (χ0v) is 11.3. The van der Waals surface area contributed by atoms with E-state index >= 15 is 0 Å². The van der Waals surface area contributed by atoms with Crippen LogP contribution in [0.3, 0.4) is 0 Å². The average molecular weight is 226 g/mol. The topological polar surface area (TPSA) is 29.3 Å². The molecule has 1 fully saturated rings. The van der Waals surface area contributed by atoms with Crippen LogP contribution >= 0.6 is 0 Å². The van der Waals surface area contributed by atoms with Gasteiger partial charge in [-0.15, -0.1) is 0 Å². The molecule has 2 N–H and O–H groups in total. The van der Waals surface area contributed by atoms with Crippen molar-refractivity contribution in [3.63, 3.8) is 0 Å². The van der Waals surface area contributed by atoms with Crippen LogP contribution in [0.4, 0.5) is 0 Å². The number of nitrogens with two attached hydrogens (primary N) is 1. The van der Waals surface area contributed by atoms with Crippen LogP contribution in [-0.4, -0.2) is 30.6 Å². The minimum atomic E-state index is 0.420. The first-order valence-corrected chi connectivity index (χ1v) is 7.20. The van der Waals surface area contributed by atoms with E-state index in [0.717, 1.165) is 12.5 Å². The molecular weight excluding hydrogens is 196 g/mol. The Labute approximate surface area is 102 Å². The van der Waals surface area contributed by atoms with Gasteiger partial charge in [-0.1, -0.05) is 46.0 Å². The second-order valence-electron chi connectivity index (χ2n) is 5.63. The monoisotopic (exact) mass is 226 g/mol.